The summed E-state index contributed by atoms with van der Waals surface area (Å²) >= 11 is 5.86. The number of nitrogens with zero attached hydrogens (tertiary/aromatic N) is 3. The van der Waals surface area contributed by atoms with Gasteiger partial charge in [0, 0.05) is 18.8 Å². The van der Waals surface area contributed by atoms with Crippen molar-refractivity contribution in [2.45, 2.75) is 26.8 Å². The molecule has 1 aromatic carbocycles. The van der Waals surface area contributed by atoms with Gasteiger partial charge in [-0.15, -0.1) is 0 Å². The van der Waals surface area contributed by atoms with Crippen LogP contribution in [0.3, 0.4) is 0 Å². The van der Waals surface area contributed by atoms with E-state index in [9.17, 15) is 10.1 Å². The van der Waals surface area contributed by atoms with Gasteiger partial charge in [-0.2, -0.15) is 5.10 Å². The Morgan fingerprint density at radius 1 is 1.43 bits per heavy atom. The van der Waals surface area contributed by atoms with Crippen LogP contribution in [0.15, 0.2) is 24.3 Å². The van der Waals surface area contributed by atoms with E-state index in [0.29, 0.717) is 12.2 Å². The van der Waals surface area contributed by atoms with Gasteiger partial charge in [-0.25, -0.2) is 0 Å². The molecule has 0 radical (unpaired) electrons. The van der Waals surface area contributed by atoms with Crippen LogP contribution >= 0.6 is 11.6 Å². The predicted molar refractivity (Wildman–Crippen MR) is 82.9 cm³/mol. The van der Waals surface area contributed by atoms with Crippen molar-refractivity contribution in [3.8, 4) is 0 Å². The maximum absolute atomic E-state index is 11.0. The zero-order valence-corrected chi connectivity index (χ0v) is 12.7. The maximum Gasteiger partial charge on any atom is 0.310 e. The molecule has 0 spiro atoms. The van der Waals surface area contributed by atoms with E-state index in [1.807, 2.05) is 24.6 Å². The standard InChI is InChI=1S/C14H17ClN4O2/c1-10-9-11(2)18(17-10)8-4-7-16-13-6-3-5-12(15)14(13)19(20)21/h3,5-6,9,16H,4,7-8H2,1-2H3. The van der Waals surface area contributed by atoms with E-state index in [4.69, 9.17) is 11.6 Å². The van der Waals surface area contributed by atoms with Gasteiger partial charge < -0.3 is 5.32 Å². The molecule has 0 saturated carbocycles. The van der Waals surface area contributed by atoms with Crippen LogP contribution in [0.25, 0.3) is 0 Å². The molecular weight excluding hydrogens is 292 g/mol. The van der Waals surface area contributed by atoms with E-state index in [-0.39, 0.29) is 10.7 Å². The number of nitrogens with one attached hydrogen (secondary N) is 1. The van der Waals surface area contributed by atoms with Gasteiger partial charge in [0.2, 0.25) is 0 Å². The number of rotatable bonds is 6. The summed E-state index contributed by atoms with van der Waals surface area (Å²) in [5.41, 5.74) is 2.47. The molecule has 7 heteroatoms. The highest BCUT2D eigenvalue weighted by Crippen LogP contribution is 2.32. The second-order valence-electron chi connectivity index (χ2n) is 4.82. The predicted octanol–water partition coefficient (Wildman–Crippen LogP) is 3.56. The summed E-state index contributed by atoms with van der Waals surface area (Å²) in [6, 6.07) is 6.89. The summed E-state index contributed by atoms with van der Waals surface area (Å²) in [4.78, 5) is 10.5. The fourth-order valence-corrected chi connectivity index (χ4v) is 2.44. The SMILES string of the molecule is Cc1cc(C)n(CCCNc2cccc(Cl)c2[N+](=O)[O-])n1. The van der Waals surface area contributed by atoms with E-state index < -0.39 is 4.92 Å². The minimum absolute atomic E-state index is 0.0784. The van der Waals surface area contributed by atoms with Crippen molar-refractivity contribution >= 4 is 23.0 Å². The number of benzene rings is 1. The molecular formula is C14H17ClN4O2. The molecule has 1 aromatic heterocycles. The fourth-order valence-electron chi connectivity index (χ4n) is 2.20. The summed E-state index contributed by atoms with van der Waals surface area (Å²) < 4.78 is 1.93. The van der Waals surface area contributed by atoms with Gasteiger partial charge in [-0.3, -0.25) is 14.8 Å². The Hall–Kier alpha value is -2.08. The molecule has 0 fully saturated rings. The number of aromatic nitrogens is 2. The molecule has 0 aliphatic heterocycles. The van der Waals surface area contributed by atoms with E-state index in [1.165, 1.54) is 6.07 Å². The van der Waals surface area contributed by atoms with E-state index >= 15 is 0 Å². The number of hydrogen-bond acceptors (Lipinski definition) is 4. The zero-order chi connectivity index (χ0) is 15.4. The molecule has 0 aliphatic rings. The van der Waals surface area contributed by atoms with E-state index in [2.05, 4.69) is 10.4 Å². The third-order valence-corrected chi connectivity index (χ3v) is 3.44. The minimum Gasteiger partial charge on any atom is -0.379 e. The van der Waals surface area contributed by atoms with Crippen molar-refractivity contribution in [1.82, 2.24) is 9.78 Å². The Labute approximate surface area is 127 Å². The van der Waals surface area contributed by atoms with E-state index in [0.717, 1.165) is 24.4 Å². The average Bonchev–Trinajstić information content (AvgIpc) is 2.72. The Morgan fingerprint density at radius 3 is 2.81 bits per heavy atom. The normalized spacial score (nSPS) is 10.6. The van der Waals surface area contributed by atoms with Crippen molar-refractivity contribution in [3.63, 3.8) is 0 Å². The summed E-state index contributed by atoms with van der Waals surface area (Å²) in [7, 11) is 0. The smallest absolute Gasteiger partial charge is 0.310 e. The topological polar surface area (TPSA) is 73.0 Å². The number of halogens is 1. The third-order valence-electron chi connectivity index (χ3n) is 3.13. The second kappa shape index (κ2) is 6.58. The highest BCUT2D eigenvalue weighted by molar-refractivity contribution is 6.33. The van der Waals surface area contributed by atoms with Crippen LogP contribution in [0.4, 0.5) is 11.4 Å². The number of anilines is 1. The number of hydrogen-bond donors (Lipinski definition) is 1. The summed E-state index contributed by atoms with van der Waals surface area (Å²) in [6.07, 6.45) is 0.811. The number of para-hydroxylation sites is 1. The van der Waals surface area contributed by atoms with Crippen LogP contribution in [0, 0.1) is 24.0 Å². The quantitative estimate of drug-likeness (QED) is 0.503. The number of nitro groups is 1. The third kappa shape index (κ3) is 3.72. The van der Waals surface area contributed by atoms with Crippen molar-refractivity contribution in [2.75, 3.05) is 11.9 Å². The Balaban J connectivity index is 1.94. The Kier molecular flexibility index (Phi) is 4.80. The molecule has 0 unspecified atom stereocenters. The molecule has 2 aromatic rings. The molecule has 112 valence electrons. The first-order valence-electron chi connectivity index (χ1n) is 6.67. The first-order chi connectivity index (χ1) is 9.99. The van der Waals surface area contributed by atoms with Crippen molar-refractivity contribution in [3.05, 3.63) is 50.8 Å². The van der Waals surface area contributed by atoms with Crippen LogP contribution < -0.4 is 5.32 Å². The molecule has 2 rings (SSSR count). The monoisotopic (exact) mass is 308 g/mol. The van der Waals surface area contributed by atoms with Crippen LogP contribution in [-0.2, 0) is 6.54 Å². The second-order valence-corrected chi connectivity index (χ2v) is 5.23. The Bertz CT molecular complexity index is 654. The van der Waals surface area contributed by atoms with Crippen LogP contribution in [0.2, 0.25) is 5.02 Å². The first kappa shape index (κ1) is 15.3. The average molecular weight is 309 g/mol. The molecule has 21 heavy (non-hydrogen) atoms. The van der Waals surface area contributed by atoms with Gasteiger partial charge >= 0.3 is 5.69 Å². The number of nitro benzene ring substituents is 1. The van der Waals surface area contributed by atoms with Gasteiger partial charge in [-0.05, 0) is 38.5 Å². The van der Waals surface area contributed by atoms with Gasteiger partial charge in [0.25, 0.3) is 0 Å². The molecule has 0 aliphatic carbocycles. The van der Waals surface area contributed by atoms with Crippen LogP contribution in [0.5, 0.6) is 0 Å². The van der Waals surface area contributed by atoms with Crippen molar-refractivity contribution in [1.29, 1.82) is 0 Å². The summed E-state index contributed by atoms with van der Waals surface area (Å²) in [5.74, 6) is 0. The van der Waals surface area contributed by atoms with Crippen molar-refractivity contribution < 1.29 is 4.92 Å². The maximum atomic E-state index is 11.0. The van der Waals surface area contributed by atoms with Gasteiger partial charge in [0.05, 0.1) is 10.6 Å². The zero-order valence-electron chi connectivity index (χ0n) is 12.0. The van der Waals surface area contributed by atoms with Crippen LogP contribution in [-0.4, -0.2) is 21.2 Å². The highest BCUT2D eigenvalue weighted by Gasteiger charge is 2.17. The summed E-state index contributed by atoms with van der Waals surface area (Å²) in [6.45, 7) is 5.34. The highest BCUT2D eigenvalue weighted by atomic mass is 35.5. The minimum atomic E-state index is -0.467. The molecule has 1 heterocycles. The van der Waals surface area contributed by atoms with Gasteiger partial charge in [0.1, 0.15) is 10.7 Å². The summed E-state index contributed by atoms with van der Waals surface area (Å²) in [5, 5.41) is 18.6. The van der Waals surface area contributed by atoms with E-state index in [1.54, 1.807) is 12.1 Å². The molecule has 1 N–H and O–H groups in total. The molecule has 0 atom stereocenters. The molecule has 0 saturated heterocycles. The number of aryl methyl sites for hydroxylation is 3. The fraction of sp³-hybridized carbons (Fsp3) is 0.357. The lowest BCUT2D eigenvalue weighted by Crippen LogP contribution is -2.10. The lowest BCUT2D eigenvalue weighted by Gasteiger charge is -2.08. The van der Waals surface area contributed by atoms with Crippen LogP contribution in [0.1, 0.15) is 17.8 Å². The van der Waals surface area contributed by atoms with Gasteiger partial charge in [0.15, 0.2) is 0 Å². The first-order valence-corrected chi connectivity index (χ1v) is 7.04. The lowest BCUT2D eigenvalue weighted by molar-refractivity contribution is -0.383. The molecule has 0 amide bonds. The van der Waals surface area contributed by atoms with Crippen molar-refractivity contribution in [2.24, 2.45) is 0 Å². The Morgan fingerprint density at radius 2 is 2.19 bits per heavy atom. The molecule has 0 bridgehead atoms. The van der Waals surface area contributed by atoms with Gasteiger partial charge in [-0.1, -0.05) is 17.7 Å². The largest absolute Gasteiger partial charge is 0.379 e. The lowest BCUT2D eigenvalue weighted by atomic mass is 10.2. The molecule has 6 nitrogen and oxygen atoms in total.